The number of hydrogen-bond donors (Lipinski definition) is 1. The van der Waals surface area contributed by atoms with E-state index in [4.69, 9.17) is 14.2 Å². The molecular formula is C19H28N2O6S. The molecule has 28 heavy (non-hydrogen) atoms. The number of morpholine rings is 1. The highest BCUT2D eigenvalue weighted by Gasteiger charge is 2.35. The van der Waals surface area contributed by atoms with Crippen molar-refractivity contribution in [2.45, 2.75) is 50.8 Å². The highest BCUT2D eigenvalue weighted by atomic mass is 32.2. The summed E-state index contributed by atoms with van der Waals surface area (Å²) in [6, 6.07) is 3.59. The molecule has 0 spiro atoms. The van der Waals surface area contributed by atoms with Crippen LogP contribution < -0.4 is 14.2 Å². The quantitative estimate of drug-likeness (QED) is 0.786. The molecule has 1 N–H and O–H groups in total. The molecule has 0 aromatic heterocycles. The Kier molecular flexibility index (Phi) is 6.16. The SMILES string of the molecule is CC(C)[C@H](NS(=O)(=O)c1ccc2c(c1)OCCO2)C(=O)N1C[C@H](C)O[C@@H](C)C1. The average Bonchev–Trinajstić information content (AvgIpc) is 2.64. The normalized spacial score (nSPS) is 23.5. The standard InChI is InChI=1S/C19H28N2O6S/c1-12(2)18(19(22)21-10-13(3)27-14(4)11-21)20-28(23,24)15-5-6-16-17(9-15)26-8-7-25-16/h5-6,9,12-14,18,20H,7-8,10-11H2,1-4H3/t13-,14-,18-/m0/s1. The number of benzene rings is 1. The summed E-state index contributed by atoms with van der Waals surface area (Å²) in [5.74, 6) is 0.446. The monoisotopic (exact) mass is 412 g/mol. The highest BCUT2D eigenvalue weighted by Crippen LogP contribution is 2.32. The molecule has 8 nitrogen and oxygen atoms in total. The van der Waals surface area contributed by atoms with E-state index in [2.05, 4.69) is 4.72 Å². The van der Waals surface area contributed by atoms with Gasteiger partial charge in [0.15, 0.2) is 11.5 Å². The predicted molar refractivity (Wildman–Crippen MR) is 103 cm³/mol. The summed E-state index contributed by atoms with van der Waals surface area (Å²) in [6.45, 7) is 9.13. The number of nitrogens with zero attached hydrogens (tertiary/aromatic N) is 1. The second-order valence-electron chi connectivity index (χ2n) is 7.65. The largest absolute Gasteiger partial charge is 0.486 e. The number of nitrogens with one attached hydrogen (secondary N) is 1. The van der Waals surface area contributed by atoms with Gasteiger partial charge in [0.2, 0.25) is 15.9 Å². The van der Waals surface area contributed by atoms with Gasteiger partial charge in [0.1, 0.15) is 19.3 Å². The van der Waals surface area contributed by atoms with Crippen LogP contribution in [0.2, 0.25) is 0 Å². The summed E-state index contributed by atoms with van der Waals surface area (Å²) in [7, 11) is -3.91. The number of carbonyl (C=O) groups excluding carboxylic acids is 1. The Morgan fingerprint density at radius 3 is 2.32 bits per heavy atom. The molecule has 0 bridgehead atoms. The Bertz CT molecular complexity index is 816. The Labute approximate surface area is 166 Å². The zero-order valence-electron chi connectivity index (χ0n) is 16.7. The molecule has 0 aliphatic carbocycles. The molecule has 3 rings (SSSR count). The topological polar surface area (TPSA) is 94.2 Å². The van der Waals surface area contributed by atoms with E-state index in [9.17, 15) is 13.2 Å². The molecule has 0 unspecified atom stereocenters. The van der Waals surface area contributed by atoms with Crippen LogP contribution in [-0.4, -0.2) is 63.8 Å². The van der Waals surface area contributed by atoms with Crippen LogP contribution in [0.5, 0.6) is 11.5 Å². The number of ether oxygens (including phenoxy) is 3. The van der Waals surface area contributed by atoms with Gasteiger partial charge in [-0.3, -0.25) is 4.79 Å². The zero-order valence-corrected chi connectivity index (χ0v) is 17.5. The van der Waals surface area contributed by atoms with Crippen LogP contribution >= 0.6 is 0 Å². The first-order valence-electron chi connectivity index (χ1n) is 9.53. The fourth-order valence-corrected chi connectivity index (χ4v) is 4.80. The van der Waals surface area contributed by atoms with E-state index >= 15 is 0 Å². The van der Waals surface area contributed by atoms with Crippen molar-refractivity contribution < 1.29 is 27.4 Å². The number of rotatable bonds is 5. The minimum Gasteiger partial charge on any atom is -0.486 e. The first-order chi connectivity index (χ1) is 13.2. The minimum absolute atomic E-state index is 0.0407. The van der Waals surface area contributed by atoms with Gasteiger partial charge in [0, 0.05) is 19.2 Å². The van der Waals surface area contributed by atoms with Crippen molar-refractivity contribution in [3.8, 4) is 11.5 Å². The first kappa shape index (κ1) is 20.9. The van der Waals surface area contributed by atoms with E-state index in [0.29, 0.717) is 37.8 Å². The van der Waals surface area contributed by atoms with Crippen LogP contribution in [0, 0.1) is 5.92 Å². The maximum absolute atomic E-state index is 13.1. The first-order valence-corrected chi connectivity index (χ1v) is 11.0. The lowest BCUT2D eigenvalue weighted by Gasteiger charge is -2.38. The Hall–Kier alpha value is -1.84. The van der Waals surface area contributed by atoms with E-state index in [0.717, 1.165) is 0 Å². The fourth-order valence-electron chi connectivity index (χ4n) is 3.45. The van der Waals surface area contributed by atoms with Crippen LogP contribution in [0.3, 0.4) is 0 Å². The van der Waals surface area contributed by atoms with Gasteiger partial charge in [-0.2, -0.15) is 4.72 Å². The zero-order chi connectivity index (χ0) is 20.5. The van der Waals surface area contributed by atoms with Gasteiger partial charge in [0.05, 0.1) is 17.1 Å². The maximum Gasteiger partial charge on any atom is 0.241 e. The summed E-state index contributed by atoms with van der Waals surface area (Å²) in [6.07, 6.45) is -0.176. The summed E-state index contributed by atoms with van der Waals surface area (Å²) in [4.78, 5) is 14.8. The van der Waals surface area contributed by atoms with E-state index in [1.54, 1.807) is 11.0 Å². The van der Waals surface area contributed by atoms with Gasteiger partial charge in [-0.25, -0.2) is 8.42 Å². The molecule has 2 aliphatic rings. The third-order valence-corrected chi connectivity index (χ3v) is 6.21. The number of fused-ring (bicyclic) bond motifs is 1. The second kappa shape index (κ2) is 8.26. The van der Waals surface area contributed by atoms with E-state index in [1.807, 2.05) is 27.7 Å². The number of sulfonamides is 1. The van der Waals surface area contributed by atoms with Gasteiger partial charge >= 0.3 is 0 Å². The summed E-state index contributed by atoms with van der Waals surface area (Å²) in [5, 5.41) is 0. The van der Waals surface area contributed by atoms with E-state index in [1.165, 1.54) is 12.1 Å². The molecule has 1 saturated heterocycles. The minimum atomic E-state index is -3.91. The smallest absolute Gasteiger partial charge is 0.241 e. The summed E-state index contributed by atoms with van der Waals surface area (Å²) in [5.41, 5.74) is 0. The Balaban J connectivity index is 1.80. The van der Waals surface area contributed by atoms with Crippen LogP contribution in [0.15, 0.2) is 23.1 Å². The van der Waals surface area contributed by atoms with Crippen molar-refractivity contribution in [1.82, 2.24) is 9.62 Å². The molecule has 1 fully saturated rings. The van der Waals surface area contributed by atoms with Gasteiger partial charge in [-0.05, 0) is 31.9 Å². The Morgan fingerprint density at radius 2 is 1.71 bits per heavy atom. The molecule has 2 aliphatic heterocycles. The van der Waals surface area contributed by atoms with Crippen molar-refractivity contribution in [2.75, 3.05) is 26.3 Å². The fraction of sp³-hybridized carbons (Fsp3) is 0.632. The van der Waals surface area contributed by atoms with E-state index < -0.39 is 16.1 Å². The molecule has 156 valence electrons. The molecule has 0 saturated carbocycles. The lowest BCUT2D eigenvalue weighted by atomic mass is 10.0. The van der Waals surface area contributed by atoms with Gasteiger partial charge < -0.3 is 19.1 Å². The number of hydrogen-bond acceptors (Lipinski definition) is 6. The molecule has 9 heteroatoms. The van der Waals surface area contributed by atoms with Crippen LogP contribution in [-0.2, 0) is 19.6 Å². The lowest BCUT2D eigenvalue weighted by Crippen LogP contribution is -2.56. The molecule has 1 aromatic rings. The lowest BCUT2D eigenvalue weighted by molar-refractivity contribution is -0.145. The van der Waals surface area contributed by atoms with Crippen molar-refractivity contribution in [1.29, 1.82) is 0 Å². The maximum atomic E-state index is 13.1. The average molecular weight is 413 g/mol. The van der Waals surface area contributed by atoms with Crippen LogP contribution in [0.25, 0.3) is 0 Å². The molecule has 3 atom stereocenters. The van der Waals surface area contributed by atoms with Crippen molar-refractivity contribution in [3.63, 3.8) is 0 Å². The van der Waals surface area contributed by atoms with Crippen LogP contribution in [0.4, 0.5) is 0 Å². The van der Waals surface area contributed by atoms with Gasteiger partial charge in [-0.1, -0.05) is 13.8 Å². The molecule has 1 amide bonds. The molecule has 1 aromatic carbocycles. The number of amides is 1. The second-order valence-corrected chi connectivity index (χ2v) is 9.36. The number of carbonyl (C=O) groups is 1. The van der Waals surface area contributed by atoms with Crippen molar-refractivity contribution >= 4 is 15.9 Å². The van der Waals surface area contributed by atoms with Gasteiger partial charge in [-0.15, -0.1) is 0 Å². The molecular weight excluding hydrogens is 384 g/mol. The molecule has 0 radical (unpaired) electrons. The van der Waals surface area contributed by atoms with E-state index in [-0.39, 0.29) is 28.9 Å². The van der Waals surface area contributed by atoms with Crippen LogP contribution in [0.1, 0.15) is 27.7 Å². The van der Waals surface area contributed by atoms with Crippen molar-refractivity contribution in [2.24, 2.45) is 5.92 Å². The third kappa shape index (κ3) is 4.59. The van der Waals surface area contributed by atoms with Gasteiger partial charge in [0.25, 0.3) is 0 Å². The highest BCUT2D eigenvalue weighted by molar-refractivity contribution is 7.89. The Morgan fingerprint density at radius 1 is 1.11 bits per heavy atom. The van der Waals surface area contributed by atoms with Crippen molar-refractivity contribution in [3.05, 3.63) is 18.2 Å². The third-order valence-electron chi connectivity index (χ3n) is 4.77. The summed E-state index contributed by atoms with van der Waals surface area (Å²) < 4.78 is 45.1. The summed E-state index contributed by atoms with van der Waals surface area (Å²) >= 11 is 0. The predicted octanol–water partition coefficient (Wildman–Crippen LogP) is 1.40. The molecule has 2 heterocycles.